The molecule has 0 saturated carbocycles. The molecule has 0 bridgehead atoms. The summed E-state index contributed by atoms with van der Waals surface area (Å²) in [4.78, 5) is 0. The molecule has 1 fully saturated rings. The molecule has 1 saturated heterocycles. The predicted octanol–water partition coefficient (Wildman–Crippen LogP) is 2.17. The van der Waals surface area contributed by atoms with Crippen molar-refractivity contribution in [2.45, 2.75) is 52.1 Å². The minimum Gasteiger partial charge on any atom is -0.311 e. The second kappa shape index (κ2) is 3.38. The molecule has 1 heterocycles. The van der Waals surface area contributed by atoms with Crippen LogP contribution in [-0.2, 0) is 0 Å². The Hall–Kier alpha value is -0.0400. The zero-order valence-electron chi connectivity index (χ0n) is 7.35. The van der Waals surface area contributed by atoms with E-state index >= 15 is 0 Å². The molecular formula is C9H19N. The molecule has 0 amide bonds. The highest BCUT2D eigenvalue weighted by Gasteiger charge is 2.23. The highest BCUT2D eigenvalue weighted by atomic mass is 15.0. The first kappa shape index (κ1) is 8.06. The summed E-state index contributed by atoms with van der Waals surface area (Å²) in [6.07, 6.45) is 4.07. The first-order valence-electron chi connectivity index (χ1n) is 4.50. The van der Waals surface area contributed by atoms with Crippen LogP contribution in [0, 0.1) is 5.92 Å². The van der Waals surface area contributed by atoms with Gasteiger partial charge in [0.2, 0.25) is 0 Å². The monoisotopic (exact) mass is 141 g/mol. The van der Waals surface area contributed by atoms with Crippen molar-refractivity contribution in [1.29, 1.82) is 0 Å². The molecule has 0 radical (unpaired) electrons. The van der Waals surface area contributed by atoms with Gasteiger partial charge in [-0.25, -0.2) is 0 Å². The summed E-state index contributed by atoms with van der Waals surface area (Å²) in [7, 11) is 0. The van der Waals surface area contributed by atoms with E-state index in [4.69, 9.17) is 0 Å². The Bertz CT molecular complexity index is 98.9. The molecule has 0 aromatic heterocycles. The standard InChI is InChI=1S/C9H19N/c1-4-8-5-6-9(10-8)7(2)3/h7-10H,4-6H2,1-3H3. The van der Waals surface area contributed by atoms with E-state index in [1.54, 1.807) is 0 Å². The second-order valence-electron chi connectivity index (χ2n) is 3.70. The topological polar surface area (TPSA) is 12.0 Å². The molecule has 0 spiro atoms. The van der Waals surface area contributed by atoms with Gasteiger partial charge in [0, 0.05) is 12.1 Å². The number of rotatable bonds is 2. The molecule has 1 aliphatic heterocycles. The maximum Gasteiger partial charge on any atom is 0.00932 e. The van der Waals surface area contributed by atoms with Gasteiger partial charge >= 0.3 is 0 Å². The first-order valence-corrected chi connectivity index (χ1v) is 4.50. The fourth-order valence-corrected chi connectivity index (χ4v) is 1.70. The van der Waals surface area contributed by atoms with Gasteiger partial charge in [-0.1, -0.05) is 20.8 Å². The Kier molecular flexibility index (Phi) is 2.72. The molecule has 10 heavy (non-hydrogen) atoms. The van der Waals surface area contributed by atoms with Gasteiger partial charge in [0.15, 0.2) is 0 Å². The van der Waals surface area contributed by atoms with Crippen LogP contribution in [-0.4, -0.2) is 12.1 Å². The third-order valence-electron chi connectivity index (χ3n) is 2.57. The molecule has 0 aromatic rings. The molecule has 1 heteroatoms. The summed E-state index contributed by atoms with van der Waals surface area (Å²) in [6, 6.07) is 1.61. The Balaban J connectivity index is 2.28. The van der Waals surface area contributed by atoms with Gasteiger partial charge in [0.05, 0.1) is 0 Å². The summed E-state index contributed by atoms with van der Waals surface area (Å²) >= 11 is 0. The third kappa shape index (κ3) is 1.72. The Labute approximate surface area is 64.2 Å². The van der Waals surface area contributed by atoms with Crippen molar-refractivity contribution in [1.82, 2.24) is 5.32 Å². The van der Waals surface area contributed by atoms with E-state index in [0.29, 0.717) is 0 Å². The lowest BCUT2D eigenvalue weighted by Crippen LogP contribution is -2.32. The zero-order chi connectivity index (χ0) is 7.56. The van der Waals surface area contributed by atoms with Crippen LogP contribution in [0.4, 0.5) is 0 Å². The maximum absolute atomic E-state index is 3.64. The second-order valence-corrected chi connectivity index (χ2v) is 3.70. The summed E-state index contributed by atoms with van der Waals surface area (Å²) in [5.74, 6) is 0.816. The van der Waals surface area contributed by atoms with E-state index in [2.05, 4.69) is 26.1 Å². The van der Waals surface area contributed by atoms with Gasteiger partial charge in [0.25, 0.3) is 0 Å². The number of hydrogen-bond acceptors (Lipinski definition) is 1. The third-order valence-corrected chi connectivity index (χ3v) is 2.57. The van der Waals surface area contributed by atoms with Crippen molar-refractivity contribution < 1.29 is 0 Å². The Morgan fingerprint density at radius 2 is 2.10 bits per heavy atom. The van der Waals surface area contributed by atoms with E-state index in [1.165, 1.54) is 19.3 Å². The highest BCUT2D eigenvalue weighted by Crippen LogP contribution is 2.19. The van der Waals surface area contributed by atoms with E-state index < -0.39 is 0 Å². The lowest BCUT2D eigenvalue weighted by Gasteiger charge is -2.16. The molecule has 60 valence electrons. The van der Waals surface area contributed by atoms with Crippen molar-refractivity contribution in [2.75, 3.05) is 0 Å². The summed E-state index contributed by atoms with van der Waals surface area (Å²) in [6.45, 7) is 6.87. The molecule has 0 aromatic carbocycles. The van der Waals surface area contributed by atoms with Crippen molar-refractivity contribution in [3.63, 3.8) is 0 Å². The van der Waals surface area contributed by atoms with E-state index in [0.717, 1.165) is 18.0 Å². The zero-order valence-corrected chi connectivity index (χ0v) is 7.35. The fraction of sp³-hybridized carbons (Fsp3) is 1.00. The Morgan fingerprint density at radius 3 is 2.40 bits per heavy atom. The number of nitrogens with one attached hydrogen (secondary N) is 1. The molecule has 1 aliphatic rings. The summed E-state index contributed by atoms with van der Waals surface area (Å²) in [5, 5.41) is 3.64. The van der Waals surface area contributed by atoms with Crippen LogP contribution in [0.2, 0.25) is 0 Å². The quantitative estimate of drug-likeness (QED) is 0.621. The maximum atomic E-state index is 3.64. The van der Waals surface area contributed by atoms with Crippen molar-refractivity contribution in [3.8, 4) is 0 Å². The van der Waals surface area contributed by atoms with Gasteiger partial charge < -0.3 is 5.32 Å². The predicted molar refractivity (Wildman–Crippen MR) is 45.1 cm³/mol. The molecule has 1 nitrogen and oxygen atoms in total. The molecule has 1 N–H and O–H groups in total. The average molecular weight is 141 g/mol. The lowest BCUT2D eigenvalue weighted by molar-refractivity contribution is 0.426. The average Bonchev–Trinajstić information content (AvgIpc) is 2.34. The van der Waals surface area contributed by atoms with Gasteiger partial charge in [-0.15, -0.1) is 0 Å². The van der Waals surface area contributed by atoms with E-state index in [-0.39, 0.29) is 0 Å². The van der Waals surface area contributed by atoms with Gasteiger partial charge in [-0.3, -0.25) is 0 Å². The van der Waals surface area contributed by atoms with Crippen molar-refractivity contribution in [3.05, 3.63) is 0 Å². The highest BCUT2D eigenvalue weighted by molar-refractivity contribution is 4.83. The van der Waals surface area contributed by atoms with Gasteiger partial charge in [0.1, 0.15) is 0 Å². The normalized spacial score (nSPS) is 33.6. The SMILES string of the molecule is CCC1CCC(C(C)C)N1. The van der Waals surface area contributed by atoms with Crippen LogP contribution in [0.3, 0.4) is 0 Å². The Morgan fingerprint density at radius 1 is 1.40 bits per heavy atom. The first-order chi connectivity index (χ1) is 4.74. The molecular weight excluding hydrogens is 122 g/mol. The summed E-state index contributed by atoms with van der Waals surface area (Å²) < 4.78 is 0. The molecule has 2 unspecified atom stereocenters. The molecule has 2 atom stereocenters. The van der Waals surface area contributed by atoms with Crippen LogP contribution >= 0.6 is 0 Å². The fourth-order valence-electron chi connectivity index (χ4n) is 1.70. The van der Waals surface area contributed by atoms with Crippen LogP contribution < -0.4 is 5.32 Å². The van der Waals surface area contributed by atoms with Crippen LogP contribution in [0.15, 0.2) is 0 Å². The van der Waals surface area contributed by atoms with Crippen molar-refractivity contribution >= 4 is 0 Å². The lowest BCUT2D eigenvalue weighted by atomic mass is 10.0. The van der Waals surface area contributed by atoms with Gasteiger partial charge in [-0.2, -0.15) is 0 Å². The number of hydrogen-bond donors (Lipinski definition) is 1. The van der Waals surface area contributed by atoms with E-state index in [1.807, 2.05) is 0 Å². The minimum atomic E-state index is 0.796. The largest absolute Gasteiger partial charge is 0.311 e. The van der Waals surface area contributed by atoms with Gasteiger partial charge in [-0.05, 0) is 25.2 Å². The molecule has 1 rings (SSSR count). The van der Waals surface area contributed by atoms with Crippen LogP contribution in [0.5, 0.6) is 0 Å². The van der Waals surface area contributed by atoms with Crippen molar-refractivity contribution in [2.24, 2.45) is 5.92 Å². The molecule has 0 aliphatic carbocycles. The van der Waals surface area contributed by atoms with Crippen LogP contribution in [0.25, 0.3) is 0 Å². The summed E-state index contributed by atoms with van der Waals surface area (Å²) in [5.41, 5.74) is 0. The smallest absolute Gasteiger partial charge is 0.00932 e. The minimum absolute atomic E-state index is 0.796. The van der Waals surface area contributed by atoms with E-state index in [9.17, 15) is 0 Å². The van der Waals surface area contributed by atoms with Crippen LogP contribution in [0.1, 0.15) is 40.0 Å².